The van der Waals surface area contributed by atoms with Crippen molar-refractivity contribution in [2.45, 2.75) is 57.5 Å². The Kier molecular flexibility index (Phi) is 4.88. The Labute approximate surface area is 181 Å². The van der Waals surface area contributed by atoms with Crippen molar-refractivity contribution in [1.29, 1.82) is 0 Å². The number of aromatic nitrogens is 2. The molecule has 1 amide bonds. The SMILES string of the molecule is Cc1nc2c(c(=O)[nH]1)C[C@@H]1CC[C@H](C2)N1C(=O)c1cccc(N2CCCCS2(=O)=O)c1. The Morgan fingerprint density at radius 3 is 2.71 bits per heavy atom. The van der Waals surface area contributed by atoms with Gasteiger partial charge in [-0.15, -0.1) is 0 Å². The van der Waals surface area contributed by atoms with Crippen LogP contribution < -0.4 is 9.86 Å². The number of hydrogen-bond acceptors (Lipinski definition) is 5. The van der Waals surface area contributed by atoms with Crippen molar-refractivity contribution in [2.75, 3.05) is 16.6 Å². The Morgan fingerprint density at radius 2 is 1.94 bits per heavy atom. The Hall–Kier alpha value is -2.68. The van der Waals surface area contributed by atoms with E-state index in [9.17, 15) is 18.0 Å². The molecule has 1 aromatic heterocycles. The molecule has 0 saturated carbocycles. The molecular formula is C22H26N4O4S. The molecular weight excluding hydrogens is 416 g/mol. The van der Waals surface area contributed by atoms with Gasteiger partial charge < -0.3 is 9.88 Å². The number of anilines is 1. The minimum Gasteiger partial charge on any atom is -0.332 e. The number of amides is 1. The van der Waals surface area contributed by atoms with Gasteiger partial charge in [0.1, 0.15) is 5.82 Å². The van der Waals surface area contributed by atoms with Crippen molar-refractivity contribution in [3.05, 3.63) is 57.3 Å². The fraction of sp³-hybridized carbons (Fsp3) is 0.500. The number of aromatic amines is 1. The number of sulfonamides is 1. The molecule has 4 heterocycles. The third-order valence-corrected chi connectivity index (χ3v) is 8.54. The summed E-state index contributed by atoms with van der Waals surface area (Å²) in [6.07, 6.45) is 4.28. The van der Waals surface area contributed by atoms with Crippen LogP contribution in [-0.2, 0) is 22.9 Å². The molecule has 2 aromatic rings. The smallest absolute Gasteiger partial charge is 0.254 e. The molecule has 0 spiro atoms. The van der Waals surface area contributed by atoms with Crippen molar-refractivity contribution in [3.8, 4) is 0 Å². The zero-order chi connectivity index (χ0) is 21.8. The third-order valence-electron chi connectivity index (χ3n) is 6.67. The summed E-state index contributed by atoms with van der Waals surface area (Å²) in [5.41, 5.74) is 2.40. The van der Waals surface area contributed by atoms with Crippen LogP contribution in [0.15, 0.2) is 29.1 Å². The molecule has 1 N–H and O–H groups in total. The normalized spacial score (nSPS) is 24.5. The van der Waals surface area contributed by atoms with Gasteiger partial charge in [0.15, 0.2) is 0 Å². The minimum atomic E-state index is -3.34. The molecule has 31 heavy (non-hydrogen) atoms. The maximum absolute atomic E-state index is 13.6. The molecule has 5 rings (SSSR count). The van der Waals surface area contributed by atoms with Crippen LogP contribution in [0.4, 0.5) is 5.69 Å². The number of benzene rings is 1. The van der Waals surface area contributed by atoms with Crippen LogP contribution in [0.25, 0.3) is 0 Å². The lowest BCUT2D eigenvalue weighted by molar-refractivity contribution is 0.0673. The van der Waals surface area contributed by atoms with Gasteiger partial charge >= 0.3 is 0 Å². The Bertz CT molecular complexity index is 1210. The predicted octanol–water partition coefficient (Wildman–Crippen LogP) is 1.78. The fourth-order valence-corrected chi connectivity index (χ4v) is 6.85. The first-order valence-electron chi connectivity index (χ1n) is 10.9. The van der Waals surface area contributed by atoms with Gasteiger partial charge in [0, 0.05) is 42.6 Å². The maximum atomic E-state index is 13.6. The number of nitrogens with zero attached hydrogens (tertiary/aromatic N) is 3. The number of rotatable bonds is 2. The van der Waals surface area contributed by atoms with Crippen LogP contribution in [0, 0.1) is 6.92 Å². The van der Waals surface area contributed by atoms with E-state index in [0.29, 0.717) is 48.4 Å². The Balaban J connectivity index is 1.46. The van der Waals surface area contributed by atoms with Crippen LogP contribution in [0.3, 0.4) is 0 Å². The molecule has 0 aliphatic carbocycles. The first-order valence-corrected chi connectivity index (χ1v) is 12.5. The molecule has 2 fully saturated rings. The standard InChI is InChI=1S/C22H26N4O4S/c1-14-23-20-13-18-8-7-17(12-19(20)21(27)24-14)26(18)22(28)15-5-4-6-16(11-15)25-9-2-3-10-31(25,29)30/h4-6,11,17-18H,2-3,7-10,12-13H2,1H3,(H,23,24,27)/t17-,18+/m0/s1. The topological polar surface area (TPSA) is 103 Å². The highest BCUT2D eigenvalue weighted by molar-refractivity contribution is 7.92. The minimum absolute atomic E-state index is 0.00479. The summed E-state index contributed by atoms with van der Waals surface area (Å²) in [4.78, 5) is 35.3. The second-order valence-corrected chi connectivity index (χ2v) is 10.7. The van der Waals surface area contributed by atoms with Crippen LogP contribution >= 0.6 is 0 Å². The molecule has 1 aromatic carbocycles. The molecule has 0 unspecified atom stereocenters. The zero-order valence-electron chi connectivity index (χ0n) is 17.5. The van der Waals surface area contributed by atoms with Crippen LogP contribution in [0.5, 0.6) is 0 Å². The van der Waals surface area contributed by atoms with Crippen LogP contribution in [0.1, 0.15) is 53.1 Å². The molecule has 0 radical (unpaired) electrons. The first-order chi connectivity index (χ1) is 14.8. The van der Waals surface area contributed by atoms with E-state index in [1.165, 1.54) is 4.31 Å². The van der Waals surface area contributed by atoms with Gasteiger partial charge in [-0.1, -0.05) is 6.07 Å². The fourth-order valence-electron chi connectivity index (χ4n) is 5.22. The highest BCUT2D eigenvalue weighted by Gasteiger charge is 2.41. The average molecular weight is 443 g/mol. The molecule has 2 saturated heterocycles. The van der Waals surface area contributed by atoms with Gasteiger partial charge in [-0.3, -0.25) is 13.9 Å². The quantitative estimate of drug-likeness (QED) is 0.764. The van der Waals surface area contributed by atoms with Gasteiger partial charge in [-0.2, -0.15) is 0 Å². The zero-order valence-corrected chi connectivity index (χ0v) is 18.3. The monoisotopic (exact) mass is 442 g/mol. The van der Waals surface area contributed by atoms with E-state index in [2.05, 4.69) is 9.97 Å². The highest BCUT2D eigenvalue weighted by atomic mass is 32.2. The van der Waals surface area contributed by atoms with E-state index >= 15 is 0 Å². The van der Waals surface area contributed by atoms with Crippen molar-refractivity contribution < 1.29 is 13.2 Å². The largest absolute Gasteiger partial charge is 0.332 e. The number of carbonyl (C=O) groups excluding carboxylic acids is 1. The van der Waals surface area contributed by atoms with Gasteiger partial charge in [0.2, 0.25) is 10.0 Å². The Morgan fingerprint density at radius 1 is 1.16 bits per heavy atom. The lowest BCUT2D eigenvalue weighted by Gasteiger charge is -2.30. The van der Waals surface area contributed by atoms with Crippen molar-refractivity contribution in [1.82, 2.24) is 14.9 Å². The molecule has 9 heteroatoms. The summed E-state index contributed by atoms with van der Waals surface area (Å²) < 4.78 is 26.4. The maximum Gasteiger partial charge on any atom is 0.254 e. The summed E-state index contributed by atoms with van der Waals surface area (Å²) in [6, 6.07) is 6.88. The van der Waals surface area contributed by atoms with Gasteiger partial charge in [0.25, 0.3) is 11.5 Å². The molecule has 3 aliphatic rings. The molecule has 2 bridgehead atoms. The molecule has 164 valence electrons. The van der Waals surface area contributed by atoms with Gasteiger partial charge in [-0.25, -0.2) is 13.4 Å². The van der Waals surface area contributed by atoms with E-state index in [1.807, 2.05) is 4.90 Å². The van der Waals surface area contributed by atoms with Crippen LogP contribution in [-0.4, -0.2) is 53.6 Å². The van der Waals surface area contributed by atoms with Gasteiger partial charge in [-0.05, 0) is 50.8 Å². The van der Waals surface area contributed by atoms with E-state index < -0.39 is 10.0 Å². The number of aryl methyl sites for hydroxylation is 1. The lowest BCUT2D eigenvalue weighted by atomic mass is 9.98. The summed E-state index contributed by atoms with van der Waals surface area (Å²) in [5, 5.41) is 0. The lowest BCUT2D eigenvalue weighted by Crippen LogP contribution is -2.42. The second kappa shape index (κ2) is 7.47. The number of carbonyl (C=O) groups is 1. The first kappa shape index (κ1) is 20.2. The summed E-state index contributed by atoms with van der Waals surface area (Å²) >= 11 is 0. The summed E-state index contributed by atoms with van der Waals surface area (Å²) in [5.74, 6) is 0.625. The number of H-pyrrole nitrogens is 1. The second-order valence-electron chi connectivity index (χ2n) is 8.73. The number of fused-ring (bicyclic) bond motifs is 3. The van der Waals surface area contributed by atoms with E-state index in [1.54, 1.807) is 31.2 Å². The van der Waals surface area contributed by atoms with Gasteiger partial charge in [0.05, 0.1) is 17.1 Å². The van der Waals surface area contributed by atoms with Crippen LogP contribution in [0.2, 0.25) is 0 Å². The average Bonchev–Trinajstić information content (AvgIpc) is 3.02. The van der Waals surface area contributed by atoms with E-state index in [4.69, 9.17) is 0 Å². The molecule has 3 aliphatic heterocycles. The van der Waals surface area contributed by atoms with Crippen molar-refractivity contribution >= 4 is 21.6 Å². The van der Waals surface area contributed by atoms with Crippen molar-refractivity contribution in [2.24, 2.45) is 0 Å². The third kappa shape index (κ3) is 3.54. The molecule has 2 atom stereocenters. The molecule has 8 nitrogen and oxygen atoms in total. The highest BCUT2D eigenvalue weighted by Crippen LogP contribution is 2.34. The summed E-state index contributed by atoms with van der Waals surface area (Å²) in [7, 11) is -3.34. The summed E-state index contributed by atoms with van der Waals surface area (Å²) in [6.45, 7) is 2.21. The van der Waals surface area contributed by atoms with Crippen molar-refractivity contribution in [3.63, 3.8) is 0 Å². The number of nitrogens with one attached hydrogen (secondary N) is 1. The predicted molar refractivity (Wildman–Crippen MR) is 117 cm³/mol. The number of hydrogen-bond donors (Lipinski definition) is 1. The van der Waals surface area contributed by atoms with E-state index in [-0.39, 0.29) is 29.3 Å². The van der Waals surface area contributed by atoms with E-state index in [0.717, 1.165) is 25.0 Å².